The van der Waals surface area contributed by atoms with Crippen molar-refractivity contribution in [2.24, 2.45) is 0 Å². The fourth-order valence-electron chi connectivity index (χ4n) is 1.34. The molecule has 2 rings (SSSR count). The van der Waals surface area contributed by atoms with E-state index in [9.17, 15) is 0 Å². The van der Waals surface area contributed by atoms with E-state index in [1.54, 1.807) is 24.5 Å². The number of halogens is 2. The number of hydrogen-bond acceptors (Lipinski definition) is 3. The van der Waals surface area contributed by atoms with Crippen LogP contribution in [0.4, 0.5) is 11.4 Å². The molecule has 0 amide bonds. The van der Waals surface area contributed by atoms with Crippen molar-refractivity contribution in [2.75, 3.05) is 5.32 Å². The van der Waals surface area contributed by atoms with Crippen molar-refractivity contribution in [3.05, 3.63) is 51.7 Å². The average Bonchev–Trinajstić information content (AvgIpc) is 2.35. The van der Waals surface area contributed by atoms with Gasteiger partial charge in [0, 0.05) is 6.20 Å². The second kappa shape index (κ2) is 5.17. The van der Waals surface area contributed by atoms with E-state index in [2.05, 4.69) is 32.3 Å². The minimum Gasteiger partial charge on any atom is -0.352 e. The maximum Gasteiger partial charge on any atom is 0.101 e. The number of nitrogens with one attached hydrogen (secondary N) is 1. The second-order valence-corrected chi connectivity index (χ2v) is 4.46. The van der Waals surface area contributed by atoms with Crippen LogP contribution in [0.3, 0.4) is 0 Å². The number of aromatic nitrogens is 1. The first-order chi connectivity index (χ1) is 8.22. The molecule has 0 unspecified atom stereocenters. The van der Waals surface area contributed by atoms with Gasteiger partial charge in [0.05, 0.1) is 32.6 Å². The van der Waals surface area contributed by atoms with Gasteiger partial charge in [0.15, 0.2) is 0 Å². The quantitative estimate of drug-likeness (QED) is 0.908. The molecular formula is C12H7BrClN3. The van der Waals surface area contributed by atoms with E-state index in [-0.39, 0.29) is 0 Å². The molecule has 0 aliphatic carbocycles. The second-order valence-electron chi connectivity index (χ2n) is 3.26. The fourth-order valence-corrected chi connectivity index (χ4v) is 1.87. The number of hydrogen-bond donors (Lipinski definition) is 1. The van der Waals surface area contributed by atoms with Gasteiger partial charge in [-0.15, -0.1) is 0 Å². The van der Waals surface area contributed by atoms with Gasteiger partial charge in [-0.3, -0.25) is 4.98 Å². The first-order valence-corrected chi connectivity index (χ1v) is 5.94. The smallest absolute Gasteiger partial charge is 0.101 e. The molecule has 1 N–H and O–H groups in total. The highest BCUT2D eigenvalue weighted by atomic mass is 79.9. The summed E-state index contributed by atoms with van der Waals surface area (Å²) in [5.41, 5.74) is 1.98. The summed E-state index contributed by atoms with van der Waals surface area (Å²) in [4.78, 5) is 3.98. The van der Waals surface area contributed by atoms with Crippen LogP contribution in [0.5, 0.6) is 0 Å². The third kappa shape index (κ3) is 2.57. The van der Waals surface area contributed by atoms with Crippen LogP contribution in [0.25, 0.3) is 0 Å². The lowest BCUT2D eigenvalue weighted by molar-refractivity contribution is 1.30. The Labute approximate surface area is 112 Å². The number of anilines is 2. The summed E-state index contributed by atoms with van der Waals surface area (Å²) in [7, 11) is 0. The molecule has 0 radical (unpaired) electrons. The highest BCUT2D eigenvalue weighted by Gasteiger charge is 2.06. The van der Waals surface area contributed by atoms with Crippen molar-refractivity contribution in [3.8, 4) is 6.07 Å². The van der Waals surface area contributed by atoms with Crippen LogP contribution in [-0.4, -0.2) is 4.98 Å². The van der Waals surface area contributed by atoms with Gasteiger partial charge < -0.3 is 5.32 Å². The van der Waals surface area contributed by atoms with E-state index in [1.807, 2.05) is 12.1 Å². The van der Waals surface area contributed by atoms with Gasteiger partial charge >= 0.3 is 0 Å². The van der Waals surface area contributed by atoms with E-state index in [0.29, 0.717) is 16.3 Å². The Kier molecular flexibility index (Phi) is 3.62. The Morgan fingerprint density at radius 2 is 2.12 bits per heavy atom. The van der Waals surface area contributed by atoms with E-state index in [0.717, 1.165) is 10.2 Å². The average molecular weight is 309 g/mol. The molecule has 5 heteroatoms. The van der Waals surface area contributed by atoms with Gasteiger partial charge in [-0.25, -0.2) is 0 Å². The van der Waals surface area contributed by atoms with Crippen LogP contribution >= 0.6 is 27.5 Å². The van der Waals surface area contributed by atoms with Crippen LogP contribution < -0.4 is 5.32 Å². The topological polar surface area (TPSA) is 48.7 Å². The molecule has 0 atom stereocenters. The summed E-state index contributed by atoms with van der Waals surface area (Å²) in [6.45, 7) is 0. The van der Waals surface area contributed by atoms with Crippen LogP contribution in [0.1, 0.15) is 5.56 Å². The molecule has 2 aromatic rings. The lowest BCUT2D eigenvalue weighted by atomic mass is 10.2. The highest BCUT2D eigenvalue weighted by Crippen LogP contribution is 2.32. The molecule has 0 aliphatic rings. The molecule has 17 heavy (non-hydrogen) atoms. The fraction of sp³-hybridized carbons (Fsp3) is 0. The molecule has 1 heterocycles. The summed E-state index contributed by atoms with van der Waals surface area (Å²) < 4.78 is 0.759. The zero-order chi connectivity index (χ0) is 12.3. The van der Waals surface area contributed by atoms with Gasteiger partial charge in [-0.05, 0) is 34.1 Å². The SMILES string of the molecule is N#Cc1ccncc1Nc1cccc(Cl)c1Br. The lowest BCUT2D eigenvalue weighted by Crippen LogP contribution is -1.95. The maximum absolute atomic E-state index is 8.96. The Bertz CT molecular complexity index is 593. The molecule has 0 saturated carbocycles. The summed E-state index contributed by atoms with van der Waals surface area (Å²) in [5.74, 6) is 0. The first kappa shape index (κ1) is 11.9. The number of nitriles is 1. The minimum absolute atomic E-state index is 0.534. The van der Waals surface area contributed by atoms with Crippen LogP contribution in [0.15, 0.2) is 41.1 Å². The third-order valence-electron chi connectivity index (χ3n) is 2.16. The monoisotopic (exact) mass is 307 g/mol. The predicted octanol–water partition coefficient (Wildman–Crippen LogP) is 4.11. The molecule has 0 aliphatic heterocycles. The van der Waals surface area contributed by atoms with Crippen LogP contribution in [0, 0.1) is 11.3 Å². The molecule has 84 valence electrons. The normalized spacial score (nSPS) is 9.71. The molecule has 0 bridgehead atoms. The summed E-state index contributed by atoms with van der Waals surface area (Å²) in [6, 6.07) is 9.23. The molecule has 0 saturated heterocycles. The molecular weight excluding hydrogens is 302 g/mol. The van der Waals surface area contributed by atoms with Crippen molar-refractivity contribution >= 4 is 38.9 Å². The zero-order valence-corrected chi connectivity index (χ0v) is 11.0. The number of benzene rings is 1. The maximum atomic E-state index is 8.96. The largest absolute Gasteiger partial charge is 0.352 e. The van der Waals surface area contributed by atoms with E-state index >= 15 is 0 Å². The van der Waals surface area contributed by atoms with Crippen LogP contribution in [-0.2, 0) is 0 Å². The van der Waals surface area contributed by atoms with Crippen LogP contribution in [0.2, 0.25) is 5.02 Å². The Morgan fingerprint density at radius 1 is 1.29 bits per heavy atom. The van der Waals surface area contributed by atoms with E-state index < -0.39 is 0 Å². The van der Waals surface area contributed by atoms with Gasteiger partial charge in [0.25, 0.3) is 0 Å². The Hall–Kier alpha value is -1.57. The Morgan fingerprint density at radius 3 is 2.88 bits per heavy atom. The number of rotatable bonds is 2. The standard InChI is InChI=1S/C12H7BrClN3/c13-12-9(14)2-1-3-10(12)17-11-7-16-5-4-8(11)6-15/h1-5,7,17H. The van der Waals surface area contributed by atoms with E-state index in [1.165, 1.54) is 0 Å². The summed E-state index contributed by atoms with van der Waals surface area (Å²) in [5, 5.41) is 12.7. The van der Waals surface area contributed by atoms with Crippen molar-refractivity contribution < 1.29 is 0 Å². The highest BCUT2D eigenvalue weighted by molar-refractivity contribution is 9.10. The van der Waals surface area contributed by atoms with E-state index in [4.69, 9.17) is 16.9 Å². The van der Waals surface area contributed by atoms with Crippen molar-refractivity contribution in [2.45, 2.75) is 0 Å². The van der Waals surface area contributed by atoms with Gasteiger partial charge in [-0.2, -0.15) is 5.26 Å². The first-order valence-electron chi connectivity index (χ1n) is 4.77. The van der Waals surface area contributed by atoms with Gasteiger partial charge in [0.1, 0.15) is 6.07 Å². The third-order valence-corrected chi connectivity index (χ3v) is 3.56. The molecule has 0 fully saturated rings. The van der Waals surface area contributed by atoms with Gasteiger partial charge in [-0.1, -0.05) is 17.7 Å². The van der Waals surface area contributed by atoms with Crippen molar-refractivity contribution in [1.82, 2.24) is 4.98 Å². The number of nitrogens with zero attached hydrogens (tertiary/aromatic N) is 2. The summed E-state index contributed by atoms with van der Waals surface area (Å²) >= 11 is 9.37. The minimum atomic E-state index is 0.534. The lowest BCUT2D eigenvalue weighted by Gasteiger charge is -2.10. The molecule has 1 aromatic carbocycles. The Balaban J connectivity index is 2.39. The molecule has 1 aromatic heterocycles. The molecule has 3 nitrogen and oxygen atoms in total. The van der Waals surface area contributed by atoms with Crippen molar-refractivity contribution in [1.29, 1.82) is 5.26 Å². The number of pyridine rings is 1. The summed E-state index contributed by atoms with van der Waals surface area (Å²) in [6.07, 6.45) is 3.18. The predicted molar refractivity (Wildman–Crippen MR) is 71.4 cm³/mol. The molecule has 0 spiro atoms. The van der Waals surface area contributed by atoms with Gasteiger partial charge in [0.2, 0.25) is 0 Å². The van der Waals surface area contributed by atoms with Crippen molar-refractivity contribution in [3.63, 3.8) is 0 Å². The zero-order valence-electron chi connectivity index (χ0n) is 8.61.